The first kappa shape index (κ1) is 20.0. The van der Waals surface area contributed by atoms with Gasteiger partial charge in [-0.1, -0.05) is 31.9 Å². The lowest BCUT2D eigenvalue weighted by Crippen LogP contribution is -2.11. The second kappa shape index (κ2) is 10.6. The molecule has 0 fully saturated rings. The van der Waals surface area contributed by atoms with Gasteiger partial charge in [0.2, 0.25) is 5.95 Å². The van der Waals surface area contributed by atoms with Gasteiger partial charge >= 0.3 is 0 Å². The molecule has 0 radical (unpaired) electrons. The number of aliphatic hydroxyl groups excluding tert-OH is 1. The van der Waals surface area contributed by atoms with Gasteiger partial charge in [0.05, 0.1) is 6.61 Å². The molecule has 1 aromatic heterocycles. The minimum atomic E-state index is 0.141. The van der Waals surface area contributed by atoms with Crippen molar-refractivity contribution in [3.05, 3.63) is 41.1 Å². The van der Waals surface area contributed by atoms with E-state index in [9.17, 15) is 0 Å². The van der Waals surface area contributed by atoms with Crippen molar-refractivity contribution in [1.82, 2.24) is 9.97 Å². The Labute approximate surface area is 155 Å². The second-order valence-corrected chi connectivity index (χ2v) is 6.37. The van der Waals surface area contributed by atoms with Crippen LogP contribution in [-0.4, -0.2) is 34.8 Å². The summed E-state index contributed by atoms with van der Waals surface area (Å²) in [7, 11) is 0. The monoisotopic (exact) mass is 358 g/mol. The van der Waals surface area contributed by atoms with Crippen molar-refractivity contribution in [3.63, 3.8) is 0 Å². The zero-order valence-corrected chi connectivity index (χ0v) is 15.8. The molecule has 4 N–H and O–H groups in total. The van der Waals surface area contributed by atoms with Gasteiger partial charge in [-0.25, -0.2) is 4.98 Å². The van der Waals surface area contributed by atoms with Crippen LogP contribution < -0.4 is 15.8 Å². The highest BCUT2D eigenvalue weighted by Gasteiger charge is 2.11. The lowest BCUT2D eigenvalue weighted by atomic mass is 10.0. The summed E-state index contributed by atoms with van der Waals surface area (Å²) < 4.78 is 5.58. The Bertz CT molecular complexity index is 674. The van der Waals surface area contributed by atoms with Gasteiger partial charge in [0.1, 0.15) is 11.6 Å². The zero-order chi connectivity index (χ0) is 18.8. The van der Waals surface area contributed by atoms with Gasteiger partial charge in [0.25, 0.3) is 0 Å². The van der Waals surface area contributed by atoms with Gasteiger partial charge in [-0.15, -0.1) is 0 Å². The summed E-state index contributed by atoms with van der Waals surface area (Å²) in [5, 5.41) is 12.2. The summed E-state index contributed by atoms with van der Waals surface area (Å²) in [5.41, 5.74) is 8.97. The number of benzene rings is 1. The standard InChI is InChI=1S/C20H30N4O2/c1-3-4-5-11-22-19-18(15(2)23-20(21)24-19)14-16-7-9-17(10-8-16)26-13-6-12-25/h7-10,25H,3-6,11-14H2,1-2H3,(H3,21,22,23,24). The third-order valence-corrected chi connectivity index (χ3v) is 4.18. The van der Waals surface area contributed by atoms with Crippen LogP contribution in [0.1, 0.15) is 49.4 Å². The molecule has 2 aromatic rings. The minimum absolute atomic E-state index is 0.141. The second-order valence-electron chi connectivity index (χ2n) is 6.37. The molecule has 142 valence electrons. The molecule has 0 aliphatic carbocycles. The molecule has 0 aliphatic rings. The highest BCUT2D eigenvalue weighted by Crippen LogP contribution is 2.23. The van der Waals surface area contributed by atoms with Gasteiger partial charge in [-0.2, -0.15) is 4.98 Å². The van der Waals surface area contributed by atoms with Crippen molar-refractivity contribution in [2.75, 3.05) is 30.8 Å². The minimum Gasteiger partial charge on any atom is -0.494 e. The van der Waals surface area contributed by atoms with E-state index in [0.717, 1.165) is 47.8 Å². The molecule has 0 aliphatic heterocycles. The van der Waals surface area contributed by atoms with E-state index in [-0.39, 0.29) is 6.61 Å². The van der Waals surface area contributed by atoms with Gasteiger partial charge in [0, 0.05) is 37.3 Å². The number of hydrogen-bond acceptors (Lipinski definition) is 6. The fourth-order valence-corrected chi connectivity index (χ4v) is 2.72. The van der Waals surface area contributed by atoms with Crippen molar-refractivity contribution in [2.45, 2.75) is 46.0 Å². The van der Waals surface area contributed by atoms with Gasteiger partial charge in [-0.05, 0) is 31.0 Å². The maximum atomic E-state index is 8.81. The summed E-state index contributed by atoms with van der Waals surface area (Å²) in [4.78, 5) is 8.72. The maximum absolute atomic E-state index is 8.81. The number of rotatable bonds is 11. The molecule has 1 heterocycles. The SMILES string of the molecule is CCCCCNc1nc(N)nc(C)c1Cc1ccc(OCCCO)cc1. The third-order valence-electron chi connectivity index (χ3n) is 4.18. The number of nitrogens with one attached hydrogen (secondary N) is 1. The number of anilines is 2. The lowest BCUT2D eigenvalue weighted by Gasteiger charge is -2.14. The number of ether oxygens (including phenoxy) is 1. The normalized spacial score (nSPS) is 10.7. The summed E-state index contributed by atoms with van der Waals surface area (Å²) in [6.07, 6.45) is 4.86. The van der Waals surface area contributed by atoms with Crippen LogP contribution in [0.15, 0.2) is 24.3 Å². The van der Waals surface area contributed by atoms with Crippen molar-refractivity contribution in [1.29, 1.82) is 0 Å². The molecule has 6 heteroatoms. The summed E-state index contributed by atoms with van der Waals surface area (Å²) in [6.45, 7) is 5.70. The van der Waals surface area contributed by atoms with Gasteiger partial charge in [-0.3, -0.25) is 0 Å². The quantitative estimate of drug-likeness (QED) is 0.534. The van der Waals surface area contributed by atoms with Crippen LogP contribution in [0.25, 0.3) is 0 Å². The van der Waals surface area contributed by atoms with Crippen molar-refractivity contribution >= 4 is 11.8 Å². The lowest BCUT2D eigenvalue weighted by molar-refractivity contribution is 0.233. The van der Waals surface area contributed by atoms with E-state index < -0.39 is 0 Å². The Kier molecular flexibility index (Phi) is 8.15. The van der Waals surface area contributed by atoms with Crippen molar-refractivity contribution in [2.24, 2.45) is 0 Å². The van der Waals surface area contributed by atoms with Crippen LogP contribution in [0.5, 0.6) is 5.75 Å². The van der Waals surface area contributed by atoms with Crippen molar-refractivity contribution < 1.29 is 9.84 Å². The molecule has 26 heavy (non-hydrogen) atoms. The first-order valence-corrected chi connectivity index (χ1v) is 9.33. The Morgan fingerprint density at radius 3 is 2.58 bits per heavy atom. The Morgan fingerprint density at radius 1 is 1.12 bits per heavy atom. The van der Waals surface area contributed by atoms with Gasteiger partial charge < -0.3 is 20.9 Å². The van der Waals surface area contributed by atoms with E-state index in [1.54, 1.807) is 0 Å². The number of unbranched alkanes of at least 4 members (excludes halogenated alkanes) is 2. The molecule has 0 atom stereocenters. The molecule has 0 saturated heterocycles. The zero-order valence-electron chi connectivity index (χ0n) is 15.8. The molecular formula is C20H30N4O2. The van der Waals surface area contributed by atoms with Crippen LogP contribution in [0.4, 0.5) is 11.8 Å². The van der Waals surface area contributed by atoms with Crippen LogP contribution in [-0.2, 0) is 6.42 Å². The highest BCUT2D eigenvalue weighted by atomic mass is 16.5. The van der Waals surface area contributed by atoms with Crippen molar-refractivity contribution in [3.8, 4) is 5.75 Å². The van der Waals surface area contributed by atoms with Gasteiger partial charge in [0.15, 0.2) is 0 Å². The van der Waals surface area contributed by atoms with Crippen LogP contribution in [0.3, 0.4) is 0 Å². The predicted octanol–water partition coefficient (Wildman–Crippen LogP) is 3.32. The summed E-state index contributed by atoms with van der Waals surface area (Å²) in [6, 6.07) is 8.00. The van der Waals surface area contributed by atoms with E-state index in [1.807, 2.05) is 31.2 Å². The van der Waals surface area contributed by atoms with E-state index in [4.69, 9.17) is 15.6 Å². The Morgan fingerprint density at radius 2 is 1.88 bits per heavy atom. The smallest absolute Gasteiger partial charge is 0.222 e. The largest absolute Gasteiger partial charge is 0.494 e. The summed E-state index contributed by atoms with van der Waals surface area (Å²) >= 11 is 0. The number of nitrogen functional groups attached to an aromatic ring is 1. The molecule has 0 saturated carbocycles. The average Bonchev–Trinajstić information content (AvgIpc) is 2.63. The Hall–Kier alpha value is -2.34. The predicted molar refractivity (Wildman–Crippen MR) is 106 cm³/mol. The number of hydrogen-bond donors (Lipinski definition) is 3. The first-order chi connectivity index (χ1) is 12.6. The molecule has 6 nitrogen and oxygen atoms in total. The molecule has 0 amide bonds. The van der Waals surface area contributed by atoms with Crippen LogP contribution >= 0.6 is 0 Å². The average molecular weight is 358 g/mol. The number of nitrogens with zero attached hydrogens (tertiary/aromatic N) is 2. The molecular weight excluding hydrogens is 328 g/mol. The topological polar surface area (TPSA) is 93.3 Å². The number of aliphatic hydroxyl groups is 1. The summed E-state index contributed by atoms with van der Waals surface area (Å²) in [5.74, 6) is 1.94. The maximum Gasteiger partial charge on any atom is 0.222 e. The van der Waals surface area contributed by atoms with E-state index in [0.29, 0.717) is 19.0 Å². The molecule has 0 unspecified atom stereocenters. The Balaban J connectivity index is 2.07. The number of nitrogens with two attached hydrogens (primary N) is 1. The third kappa shape index (κ3) is 6.19. The van der Waals surface area contributed by atoms with Crippen LogP contribution in [0, 0.1) is 6.92 Å². The van der Waals surface area contributed by atoms with E-state index in [2.05, 4.69) is 22.2 Å². The van der Waals surface area contributed by atoms with E-state index in [1.165, 1.54) is 12.8 Å². The highest BCUT2D eigenvalue weighted by molar-refractivity contribution is 5.51. The number of aromatic nitrogens is 2. The molecule has 1 aromatic carbocycles. The fourth-order valence-electron chi connectivity index (χ4n) is 2.72. The molecule has 2 rings (SSSR count). The number of aryl methyl sites for hydroxylation is 1. The van der Waals surface area contributed by atoms with Crippen LogP contribution in [0.2, 0.25) is 0 Å². The molecule has 0 spiro atoms. The molecule has 0 bridgehead atoms. The first-order valence-electron chi connectivity index (χ1n) is 9.33. The fraction of sp³-hybridized carbons (Fsp3) is 0.500. The van der Waals surface area contributed by atoms with E-state index >= 15 is 0 Å².